The molecule has 1 aromatic heterocycles. The lowest BCUT2D eigenvalue weighted by Gasteiger charge is -2.25. The number of amides is 1. The molecule has 106 valence electrons. The number of oxime groups is 1. The molecule has 6 heteroatoms. The fourth-order valence-electron chi connectivity index (χ4n) is 1.88. The molecule has 1 aromatic carbocycles. The average molecular weight is 291 g/mol. The maximum Gasteiger partial charge on any atom is 0.238 e. The minimum Gasteiger partial charge on any atom is -0.409 e. The number of carbonyl (C=O) groups is 1. The van der Waals surface area contributed by atoms with E-state index in [1.54, 1.807) is 18.3 Å². The summed E-state index contributed by atoms with van der Waals surface area (Å²) >= 11 is 1.65. The summed E-state index contributed by atoms with van der Waals surface area (Å²) in [4.78, 5) is 12.4. The van der Waals surface area contributed by atoms with Crippen LogP contribution in [0.5, 0.6) is 0 Å². The highest BCUT2D eigenvalue weighted by atomic mass is 32.1. The van der Waals surface area contributed by atoms with Crippen molar-refractivity contribution in [1.82, 2.24) is 0 Å². The molecule has 4 N–H and O–H groups in total. The number of nitrogens with one attached hydrogen (secondary N) is 1. The summed E-state index contributed by atoms with van der Waals surface area (Å²) in [5.74, 6) is -0.376. The smallest absolute Gasteiger partial charge is 0.238 e. The molecular weight excluding hydrogens is 274 g/mol. The van der Waals surface area contributed by atoms with Gasteiger partial charge in [-0.05, 0) is 48.4 Å². The van der Waals surface area contributed by atoms with E-state index < -0.39 is 5.41 Å². The van der Waals surface area contributed by atoms with E-state index in [0.29, 0.717) is 12.1 Å². The zero-order valence-corrected chi connectivity index (χ0v) is 12.2. The molecule has 0 radical (unpaired) electrons. The van der Waals surface area contributed by atoms with Crippen LogP contribution in [0, 0.1) is 5.41 Å². The lowest BCUT2D eigenvalue weighted by molar-refractivity contribution is -0.121. The zero-order valence-electron chi connectivity index (χ0n) is 11.4. The van der Waals surface area contributed by atoms with Gasteiger partial charge in [0, 0.05) is 10.4 Å². The molecule has 20 heavy (non-hydrogen) atoms. The second-order valence-corrected chi connectivity index (χ2v) is 5.75. The molecule has 0 aliphatic rings. The van der Waals surface area contributed by atoms with E-state index >= 15 is 0 Å². The summed E-state index contributed by atoms with van der Waals surface area (Å²) < 4.78 is 1.16. The molecule has 1 heterocycles. The lowest BCUT2D eigenvalue weighted by atomic mass is 9.85. The van der Waals surface area contributed by atoms with E-state index in [0.717, 1.165) is 10.1 Å². The van der Waals surface area contributed by atoms with Crippen molar-refractivity contribution in [1.29, 1.82) is 0 Å². The Labute approximate surface area is 121 Å². The first-order chi connectivity index (χ1) is 9.51. The molecule has 2 rings (SSSR count). The monoisotopic (exact) mass is 291 g/mol. The maximum absolute atomic E-state index is 12.4. The summed E-state index contributed by atoms with van der Waals surface area (Å²) in [5.41, 5.74) is 5.30. The van der Waals surface area contributed by atoms with Crippen molar-refractivity contribution in [2.75, 3.05) is 5.32 Å². The largest absolute Gasteiger partial charge is 0.409 e. The Morgan fingerprint density at radius 1 is 1.50 bits per heavy atom. The number of rotatable bonds is 4. The third-order valence-electron chi connectivity index (χ3n) is 3.59. The number of nitrogens with zero attached hydrogens (tertiary/aromatic N) is 1. The molecular formula is C14H17N3O2S. The van der Waals surface area contributed by atoms with Crippen molar-refractivity contribution in [3.8, 4) is 0 Å². The van der Waals surface area contributed by atoms with Crippen LogP contribution >= 0.6 is 11.3 Å². The maximum atomic E-state index is 12.4. The zero-order chi connectivity index (χ0) is 14.8. The van der Waals surface area contributed by atoms with Crippen LogP contribution < -0.4 is 11.1 Å². The van der Waals surface area contributed by atoms with Gasteiger partial charge in [0.1, 0.15) is 5.41 Å². The molecule has 0 spiro atoms. The highest BCUT2D eigenvalue weighted by Gasteiger charge is 2.36. The van der Waals surface area contributed by atoms with Gasteiger partial charge in [0.25, 0.3) is 0 Å². The third kappa shape index (κ3) is 2.46. The Morgan fingerprint density at radius 3 is 2.90 bits per heavy atom. The van der Waals surface area contributed by atoms with Gasteiger partial charge in [-0.2, -0.15) is 0 Å². The van der Waals surface area contributed by atoms with Crippen LogP contribution in [-0.2, 0) is 4.79 Å². The number of thiophene rings is 1. The van der Waals surface area contributed by atoms with Gasteiger partial charge in [-0.15, -0.1) is 11.3 Å². The van der Waals surface area contributed by atoms with Gasteiger partial charge in [0.2, 0.25) is 5.91 Å². The van der Waals surface area contributed by atoms with Crippen LogP contribution in [-0.4, -0.2) is 17.0 Å². The van der Waals surface area contributed by atoms with E-state index in [1.165, 1.54) is 0 Å². The van der Waals surface area contributed by atoms with Crippen LogP contribution in [0.3, 0.4) is 0 Å². The summed E-state index contributed by atoms with van der Waals surface area (Å²) in [7, 11) is 0. The van der Waals surface area contributed by atoms with E-state index in [2.05, 4.69) is 10.5 Å². The predicted molar refractivity (Wildman–Crippen MR) is 82.3 cm³/mol. The molecule has 0 aliphatic carbocycles. The highest BCUT2D eigenvalue weighted by molar-refractivity contribution is 7.17. The standard InChI is InChI=1S/C14H17N3O2S/c1-3-14(2,12(15)17-19)13(18)16-10-4-5-11-9(8-10)6-7-20-11/h4-8,19H,3H2,1-2H3,(H2,15,17)(H,16,18). The van der Waals surface area contributed by atoms with Gasteiger partial charge in [0.05, 0.1) is 0 Å². The van der Waals surface area contributed by atoms with Crippen LogP contribution in [0.2, 0.25) is 0 Å². The van der Waals surface area contributed by atoms with E-state index in [1.807, 2.05) is 36.6 Å². The predicted octanol–water partition coefficient (Wildman–Crippen LogP) is 3.00. The van der Waals surface area contributed by atoms with Gasteiger partial charge >= 0.3 is 0 Å². The van der Waals surface area contributed by atoms with Gasteiger partial charge < -0.3 is 16.3 Å². The fraction of sp³-hybridized carbons (Fsp3) is 0.286. The van der Waals surface area contributed by atoms with Crippen molar-refractivity contribution in [2.24, 2.45) is 16.3 Å². The first kappa shape index (κ1) is 14.3. The summed E-state index contributed by atoms with van der Waals surface area (Å²) in [5, 5.41) is 17.7. The average Bonchev–Trinajstić information content (AvgIpc) is 2.92. The molecule has 5 nitrogen and oxygen atoms in total. The Kier molecular flexibility index (Phi) is 3.94. The quantitative estimate of drug-likeness (QED) is 0.350. The first-order valence-electron chi connectivity index (χ1n) is 6.28. The number of hydrogen-bond acceptors (Lipinski definition) is 4. The molecule has 1 atom stereocenters. The number of hydrogen-bond donors (Lipinski definition) is 3. The van der Waals surface area contributed by atoms with Crippen LogP contribution in [0.15, 0.2) is 34.8 Å². The number of benzene rings is 1. The molecule has 0 saturated carbocycles. The van der Waals surface area contributed by atoms with Gasteiger partial charge in [-0.3, -0.25) is 4.79 Å². The lowest BCUT2D eigenvalue weighted by Crippen LogP contribution is -2.44. The molecule has 0 fully saturated rings. The van der Waals surface area contributed by atoms with Crippen molar-refractivity contribution in [2.45, 2.75) is 20.3 Å². The molecule has 0 aliphatic heterocycles. The number of nitrogens with two attached hydrogens (primary N) is 1. The van der Waals surface area contributed by atoms with E-state index in [4.69, 9.17) is 10.9 Å². The number of anilines is 1. The van der Waals surface area contributed by atoms with Gasteiger partial charge in [0.15, 0.2) is 5.84 Å². The molecule has 0 saturated heterocycles. The van der Waals surface area contributed by atoms with Crippen LogP contribution in [0.1, 0.15) is 20.3 Å². The second-order valence-electron chi connectivity index (χ2n) is 4.80. The summed E-state index contributed by atoms with van der Waals surface area (Å²) in [6.07, 6.45) is 0.440. The van der Waals surface area contributed by atoms with Crippen molar-refractivity contribution in [3.63, 3.8) is 0 Å². The molecule has 0 bridgehead atoms. The van der Waals surface area contributed by atoms with Crippen molar-refractivity contribution >= 4 is 38.9 Å². The summed E-state index contributed by atoms with van der Waals surface area (Å²) in [6.45, 7) is 3.47. The van der Waals surface area contributed by atoms with Crippen molar-refractivity contribution < 1.29 is 10.0 Å². The minimum absolute atomic E-state index is 0.0888. The van der Waals surface area contributed by atoms with E-state index in [-0.39, 0.29) is 11.7 Å². The van der Waals surface area contributed by atoms with Crippen LogP contribution in [0.4, 0.5) is 5.69 Å². The van der Waals surface area contributed by atoms with E-state index in [9.17, 15) is 4.79 Å². The third-order valence-corrected chi connectivity index (χ3v) is 4.49. The SMILES string of the molecule is CCC(C)(C(=O)Nc1ccc2sccc2c1)/C(N)=N/O. The Balaban J connectivity index is 2.25. The molecule has 2 aromatic rings. The normalized spacial score (nSPS) is 15.0. The number of carbonyl (C=O) groups excluding carboxylic acids is 1. The highest BCUT2D eigenvalue weighted by Crippen LogP contribution is 2.27. The van der Waals surface area contributed by atoms with Gasteiger partial charge in [-0.25, -0.2) is 0 Å². The van der Waals surface area contributed by atoms with Gasteiger partial charge in [-0.1, -0.05) is 12.1 Å². The number of amidine groups is 1. The van der Waals surface area contributed by atoms with Crippen molar-refractivity contribution in [3.05, 3.63) is 29.6 Å². The Bertz CT molecular complexity index is 665. The topological polar surface area (TPSA) is 87.7 Å². The molecule has 1 unspecified atom stereocenters. The first-order valence-corrected chi connectivity index (χ1v) is 7.16. The minimum atomic E-state index is -1.03. The molecule has 1 amide bonds. The summed E-state index contributed by atoms with van der Waals surface area (Å²) in [6, 6.07) is 7.71. The van der Waals surface area contributed by atoms with Crippen LogP contribution in [0.25, 0.3) is 10.1 Å². The second kappa shape index (κ2) is 5.50. The Hall–Kier alpha value is -2.08. The fourth-order valence-corrected chi connectivity index (χ4v) is 2.65. The number of fused-ring (bicyclic) bond motifs is 1. The Morgan fingerprint density at radius 2 is 2.25 bits per heavy atom.